The topological polar surface area (TPSA) is 41.6 Å². The van der Waals surface area contributed by atoms with Crippen molar-refractivity contribution in [3.63, 3.8) is 0 Å². The molecule has 1 unspecified atom stereocenters. The smallest absolute Gasteiger partial charge is 0.254 e. The van der Waals surface area contributed by atoms with Gasteiger partial charge < -0.3 is 10.1 Å². The van der Waals surface area contributed by atoms with E-state index in [0.717, 1.165) is 0 Å². The van der Waals surface area contributed by atoms with Gasteiger partial charge in [-0.25, -0.2) is 0 Å². The summed E-state index contributed by atoms with van der Waals surface area (Å²) in [5, 5.41) is 3.43. The maximum Gasteiger partial charge on any atom is 0.254 e. The van der Waals surface area contributed by atoms with Gasteiger partial charge in [-0.3, -0.25) is 9.69 Å². The lowest BCUT2D eigenvalue weighted by Crippen LogP contribution is -2.39. The van der Waals surface area contributed by atoms with Crippen LogP contribution < -0.4 is 5.32 Å². The van der Waals surface area contributed by atoms with Crippen LogP contribution in [-0.2, 0) is 9.53 Å². The van der Waals surface area contributed by atoms with Crippen molar-refractivity contribution >= 4 is 23.2 Å². The van der Waals surface area contributed by atoms with Gasteiger partial charge in [0.2, 0.25) is 0 Å². The molecule has 96 valence electrons. The van der Waals surface area contributed by atoms with Gasteiger partial charge in [0.05, 0.1) is 18.2 Å². The Balaban J connectivity index is 2.65. The Labute approximate surface area is 108 Å². The molecule has 0 bridgehead atoms. The summed E-state index contributed by atoms with van der Waals surface area (Å²) in [6.45, 7) is 11.7. The van der Waals surface area contributed by atoms with Crippen molar-refractivity contribution in [2.24, 2.45) is 0 Å². The number of carbonyl (C=O) groups is 1. The quantitative estimate of drug-likeness (QED) is 0.611. The molecule has 17 heavy (non-hydrogen) atoms. The van der Waals surface area contributed by atoms with Crippen molar-refractivity contribution in [3.05, 3.63) is 12.7 Å². The highest BCUT2D eigenvalue weighted by Gasteiger charge is 2.37. The van der Waals surface area contributed by atoms with E-state index in [4.69, 9.17) is 17.0 Å². The Kier molecular flexibility index (Phi) is 4.27. The molecule has 1 aliphatic heterocycles. The number of hydrogen-bond donors (Lipinski definition) is 1. The molecule has 0 aliphatic carbocycles. The standard InChI is InChI=1S/C12H20N2O2S/c1-6-8(2)14-10(15)9(13-11(14)17)7-16-12(3,4)5/h6,8-9H,1,7H2,2-5H3,(H,13,17)/t8?,9-/m0/s1. The number of carbonyl (C=O) groups excluding carboxylic acids is 1. The molecule has 0 saturated carbocycles. The van der Waals surface area contributed by atoms with E-state index in [-0.39, 0.29) is 23.6 Å². The van der Waals surface area contributed by atoms with Crippen LogP contribution in [0.4, 0.5) is 0 Å². The molecule has 1 heterocycles. The molecule has 1 aliphatic rings. The molecule has 0 radical (unpaired) electrons. The number of thiocarbonyl (C=S) groups is 1. The third kappa shape index (κ3) is 3.51. The van der Waals surface area contributed by atoms with Gasteiger partial charge in [-0.1, -0.05) is 6.08 Å². The van der Waals surface area contributed by atoms with Crippen molar-refractivity contribution in [2.75, 3.05) is 6.61 Å². The first-order valence-electron chi connectivity index (χ1n) is 5.66. The zero-order valence-corrected chi connectivity index (χ0v) is 11.6. The highest BCUT2D eigenvalue weighted by molar-refractivity contribution is 7.80. The van der Waals surface area contributed by atoms with Gasteiger partial charge in [0.25, 0.3) is 5.91 Å². The number of rotatable bonds is 4. The highest BCUT2D eigenvalue weighted by atomic mass is 32.1. The Morgan fingerprint density at radius 2 is 2.24 bits per heavy atom. The first-order chi connectivity index (χ1) is 7.76. The van der Waals surface area contributed by atoms with Gasteiger partial charge in [-0.2, -0.15) is 0 Å². The average molecular weight is 256 g/mol. The van der Waals surface area contributed by atoms with Crippen LogP contribution in [0, 0.1) is 0 Å². The second-order valence-electron chi connectivity index (χ2n) is 5.11. The van der Waals surface area contributed by atoms with E-state index in [1.807, 2.05) is 27.7 Å². The lowest BCUT2D eigenvalue weighted by atomic mass is 10.2. The van der Waals surface area contributed by atoms with E-state index in [1.165, 1.54) is 0 Å². The molecular weight excluding hydrogens is 236 g/mol. The van der Waals surface area contributed by atoms with Crippen LogP contribution in [0.25, 0.3) is 0 Å². The zero-order chi connectivity index (χ0) is 13.2. The lowest BCUT2D eigenvalue weighted by Gasteiger charge is -2.22. The van der Waals surface area contributed by atoms with E-state index in [2.05, 4.69) is 11.9 Å². The molecule has 4 nitrogen and oxygen atoms in total. The first kappa shape index (κ1) is 14.1. The minimum atomic E-state index is -0.385. The van der Waals surface area contributed by atoms with Crippen LogP contribution in [0.5, 0.6) is 0 Å². The monoisotopic (exact) mass is 256 g/mol. The summed E-state index contributed by atoms with van der Waals surface area (Å²) in [6.07, 6.45) is 1.69. The summed E-state index contributed by atoms with van der Waals surface area (Å²) in [5.74, 6) is -0.0494. The van der Waals surface area contributed by atoms with Crippen molar-refractivity contribution in [3.8, 4) is 0 Å². The molecule has 1 amide bonds. The lowest BCUT2D eigenvalue weighted by molar-refractivity contribution is -0.130. The van der Waals surface area contributed by atoms with Gasteiger partial charge >= 0.3 is 0 Å². The van der Waals surface area contributed by atoms with Crippen molar-refractivity contribution in [1.29, 1.82) is 0 Å². The van der Waals surface area contributed by atoms with Crippen LogP contribution in [0.2, 0.25) is 0 Å². The molecule has 0 aromatic rings. The predicted octanol–water partition coefficient (Wildman–Crippen LogP) is 1.46. The fourth-order valence-corrected chi connectivity index (χ4v) is 1.88. The molecule has 2 atom stereocenters. The number of ether oxygens (including phenoxy) is 1. The van der Waals surface area contributed by atoms with Gasteiger partial charge in [0, 0.05) is 0 Å². The van der Waals surface area contributed by atoms with E-state index < -0.39 is 0 Å². The molecule has 1 N–H and O–H groups in total. The Morgan fingerprint density at radius 1 is 1.65 bits per heavy atom. The number of amides is 1. The zero-order valence-electron chi connectivity index (χ0n) is 10.8. The van der Waals surface area contributed by atoms with Crippen molar-refractivity contribution in [1.82, 2.24) is 10.2 Å². The van der Waals surface area contributed by atoms with Crippen molar-refractivity contribution in [2.45, 2.75) is 45.4 Å². The van der Waals surface area contributed by atoms with Crippen LogP contribution in [0.3, 0.4) is 0 Å². The largest absolute Gasteiger partial charge is 0.373 e. The van der Waals surface area contributed by atoms with Crippen LogP contribution in [0.1, 0.15) is 27.7 Å². The summed E-state index contributed by atoms with van der Waals surface area (Å²) in [7, 11) is 0. The fourth-order valence-electron chi connectivity index (χ4n) is 1.49. The van der Waals surface area contributed by atoms with Gasteiger partial charge in [-0.05, 0) is 39.9 Å². The molecule has 0 spiro atoms. The maximum atomic E-state index is 12.1. The second-order valence-corrected chi connectivity index (χ2v) is 5.50. The molecule has 0 aromatic carbocycles. The molecule has 0 aromatic heterocycles. The van der Waals surface area contributed by atoms with Crippen molar-refractivity contribution < 1.29 is 9.53 Å². The third-order valence-electron chi connectivity index (χ3n) is 2.48. The minimum Gasteiger partial charge on any atom is -0.373 e. The predicted molar refractivity (Wildman–Crippen MR) is 71.7 cm³/mol. The van der Waals surface area contributed by atoms with Crippen LogP contribution in [-0.4, -0.2) is 40.2 Å². The summed E-state index contributed by atoms with van der Waals surface area (Å²) in [4.78, 5) is 13.6. The normalized spacial score (nSPS) is 22.6. The SMILES string of the molecule is C=CC(C)N1C(=O)[C@H](COC(C)(C)C)NC1=S. The van der Waals surface area contributed by atoms with E-state index in [0.29, 0.717) is 11.7 Å². The highest BCUT2D eigenvalue weighted by Crippen LogP contribution is 2.14. The molecule has 5 heteroatoms. The number of nitrogens with zero attached hydrogens (tertiary/aromatic N) is 1. The summed E-state index contributed by atoms with van der Waals surface area (Å²) in [5.41, 5.74) is -0.263. The third-order valence-corrected chi connectivity index (χ3v) is 2.80. The van der Waals surface area contributed by atoms with Crippen LogP contribution >= 0.6 is 12.2 Å². The summed E-state index contributed by atoms with van der Waals surface area (Å²) < 4.78 is 5.60. The van der Waals surface area contributed by atoms with E-state index in [1.54, 1.807) is 11.0 Å². The van der Waals surface area contributed by atoms with E-state index >= 15 is 0 Å². The molecule has 1 rings (SSSR count). The second kappa shape index (κ2) is 5.14. The number of hydrogen-bond acceptors (Lipinski definition) is 3. The maximum absolute atomic E-state index is 12.1. The first-order valence-corrected chi connectivity index (χ1v) is 6.07. The van der Waals surface area contributed by atoms with Gasteiger partial charge in [0.15, 0.2) is 5.11 Å². The Bertz CT molecular complexity index is 336. The summed E-state index contributed by atoms with van der Waals surface area (Å²) in [6, 6.07) is -0.480. The van der Waals surface area contributed by atoms with Gasteiger partial charge in [0.1, 0.15) is 6.04 Å². The fraction of sp³-hybridized carbons (Fsp3) is 0.667. The molecular formula is C12H20N2O2S. The molecule has 1 saturated heterocycles. The Hall–Kier alpha value is -0.940. The minimum absolute atomic E-state index is 0.0494. The molecule has 1 fully saturated rings. The summed E-state index contributed by atoms with van der Waals surface area (Å²) >= 11 is 5.14. The van der Waals surface area contributed by atoms with Crippen LogP contribution in [0.15, 0.2) is 12.7 Å². The Morgan fingerprint density at radius 3 is 2.71 bits per heavy atom. The van der Waals surface area contributed by atoms with Gasteiger partial charge in [-0.15, -0.1) is 6.58 Å². The average Bonchev–Trinajstić information content (AvgIpc) is 2.49. The van der Waals surface area contributed by atoms with E-state index in [9.17, 15) is 4.79 Å². The number of nitrogens with one attached hydrogen (secondary N) is 1.